The van der Waals surface area contributed by atoms with Crippen molar-refractivity contribution in [1.82, 2.24) is 14.6 Å². The highest BCUT2D eigenvalue weighted by Crippen LogP contribution is 2.36. The predicted octanol–water partition coefficient (Wildman–Crippen LogP) is 4.52. The Kier molecular flexibility index (Phi) is 8.25. The number of sulfonamides is 1. The van der Waals surface area contributed by atoms with Crippen LogP contribution in [0.4, 0.5) is 0 Å². The summed E-state index contributed by atoms with van der Waals surface area (Å²) in [6.07, 6.45) is 0.873. The van der Waals surface area contributed by atoms with Crippen molar-refractivity contribution in [3.63, 3.8) is 0 Å². The average Bonchev–Trinajstić information content (AvgIpc) is 3.33. The van der Waals surface area contributed by atoms with Crippen molar-refractivity contribution in [2.24, 2.45) is 5.92 Å². The standard InChI is InChI=1S/C28H32BrN3O5S/c1-36-21-8-10-22(11-9-21)38(34,35)32-14-12-19(13-15-32)16-30-17-20(33)18-37-26-7-3-6-25-27(26)23-4-2-5-24(29)28(23)31-25/h2-11,19-20,30-31,33H,12-18H2,1H3/t20-/m0/s1. The number of hydrogen-bond acceptors (Lipinski definition) is 6. The minimum atomic E-state index is -3.51. The van der Waals surface area contributed by atoms with Gasteiger partial charge in [0, 0.05) is 34.9 Å². The maximum absolute atomic E-state index is 13.0. The number of aromatic nitrogens is 1. The first-order valence-electron chi connectivity index (χ1n) is 12.7. The number of aromatic amines is 1. The minimum absolute atomic E-state index is 0.172. The monoisotopic (exact) mass is 601 g/mol. The van der Waals surface area contributed by atoms with Gasteiger partial charge < -0.3 is 24.9 Å². The van der Waals surface area contributed by atoms with Gasteiger partial charge in [-0.05, 0) is 83.7 Å². The zero-order valence-electron chi connectivity index (χ0n) is 21.2. The molecule has 38 heavy (non-hydrogen) atoms. The molecule has 1 aromatic heterocycles. The zero-order valence-corrected chi connectivity index (χ0v) is 23.6. The van der Waals surface area contributed by atoms with Crippen molar-refractivity contribution < 1.29 is 23.0 Å². The van der Waals surface area contributed by atoms with Crippen LogP contribution in [0.3, 0.4) is 0 Å². The van der Waals surface area contributed by atoms with Crippen LogP contribution < -0.4 is 14.8 Å². The number of fused-ring (bicyclic) bond motifs is 3. The van der Waals surface area contributed by atoms with Crippen molar-refractivity contribution in [2.45, 2.75) is 23.8 Å². The smallest absolute Gasteiger partial charge is 0.243 e. The average molecular weight is 603 g/mol. The summed E-state index contributed by atoms with van der Waals surface area (Å²) in [6, 6.07) is 18.4. The van der Waals surface area contributed by atoms with Gasteiger partial charge in [-0.1, -0.05) is 18.2 Å². The van der Waals surface area contributed by atoms with Gasteiger partial charge in [-0.2, -0.15) is 4.31 Å². The normalized spacial score (nSPS) is 16.2. The van der Waals surface area contributed by atoms with Gasteiger partial charge in [0.1, 0.15) is 24.2 Å². The van der Waals surface area contributed by atoms with Gasteiger partial charge in [-0.15, -0.1) is 0 Å². The number of aliphatic hydroxyl groups is 1. The van der Waals surface area contributed by atoms with E-state index in [4.69, 9.17) is 9.47 Å². The molecule has 0 radical (unpaired) electrons. The van der Waals surface area contributed by atoms with Gasteiger partial charge in [0.05, 0.1) is 23.0 Å². The van der Waals surface area contributed by atoms with E-state index in [9.17, 15) is 13.5 Å². The number of nitrogens with one attached hydrogen (secondary N) is 2. The molecule has 1 fully saturated rings. The number of para-hydroxylation sites is 1. The molecule has 4 aromatic rings. The summed E-state index contributed by atoms with van der Waals surface area (Å²) in [5.41, 5.74) is 2.00. The Balaban J connectivity index is 1.09. The second-order valence-electron chi connectivity index (χ2n) is 9.61. The second-order valence-corrected chi connectivity index (χ2v) is 12.4. The molecule has 0 aliphatic carbocycles. The molecule has 202 valence electrons. The number of methoxy groups -OCH3 is 1. The Morgan fingerprint density at radius 3 is 2.58 bits per heavy atom. The van der Waals surface area contributed by atoms with E-state index >= 15 is 0 Å². The van der Waals surface area contributed by atoms with E-state index in [2.05, 4.69) is 32.3 Å². The highest BCUT2D eigenvalue weighted by atomic mass is 79.9. The van der Waals surface area contributed by atoms with Crippen molar-refractivity contribution in [1.29, 1.82) is 0 Å². The van der Waals surface area contributed by atoms with Gasteiger partial charge in [-0.25, -0.2) is 8.42 Å². The molecule has 3 N–H and O–H groups in total. The molecule has 2 heterocycles. The van der Waals surface area contributed by atoms with Crippen molar-refractivity contribution in [3.05, 3.63) is 65.1 Å². The second kappa shape index (κ2) is 11.6. The molecule has 0 spiro atoms. The van der Waals surface area contributed by atoms with E-state index in [1.807, 2.05) is 30.3 Å². The SMILES string of the molecule is COc1ccc(S(=O)(=O)N2CCC(CNC[C@H](O)COc3cccc4[nH]c5c(Br)cccc5c34)CC2)cc1. The Labute approximate surface area is 231 Å². The van der Waals surface area contributed by atoms with E-state index < -0.39 is 16.1 Å². The largest absolute Gasteiger partial charge is 0.497 e. The number of nitrogens with zero attached hydrogens (tertiary/aromatic N) is 1. The van der Waals surface area contributed by atoms with Crippen molar-refractivity contribution in [3.8, 4) is 11.5 Å². The molecule has 1 atom stereocenters. The summed E-state index contributed by atoms with van der Waals surface area (Å²) in [7, 11) is -1.96. The lowest BCUT2D eigenvalue weighted by atomic mass is 9.98. The van der Waals surface area contributed by atoms with Crippen LogP contribution in [-0.4, -0.2) is 68.8 Å². The van der Waals surface area contributed by atoms with Crippen LogP contribution in [0.2, 0.25) is 0 Å². The number of rotatable bonds is 10. The fourth-order valence-corrected chi connectivity index (χ4v) is 6.91. The highest BCUT2D eigenvalue weighted by Gasteiger charge is 2.29. The van der Waals surface area contributed by atoms with Crippen LogP contribution >= 0.6 is 15.9 Å². The third-order valence-electron chi connectivity index (χ3n) is 7.08. The number of ether oxygens (including phenoxy) is 2. The summed E-state index contributed by atoms with van der Waals surface area (Å²) in [5.74, 6) is 1.71. The Morgan fingerprint density at radius 1 is 1.11 bits per heavy atom. The van der Waals surface area contributed by atoms with Crippen LogP contribution in [0.15, 0.2) is 70.0 Å². The van der Waals surface area contributed by atoms with Crippen LogP contribution in [-0.2, 0) is 10.0 Å². The van der Waals surface area contributed by atoms with Gasteiger partial charge in [0.2, 0.25) is 10.0 Å². The van der Waals surface area contributed by atoms with Crippen LogP contribution in [0.1, 0.15) is 12.8 Å². The first kappa shape index (κ1) is 27.0. The first-order chi connectivity index (χ1) is 18.4. The minimum Gasteiger partial charge on any atom is -0.497 e. The fraction of sp³-hybridized carbons (Fsp3) is 0.357. The Morgan fingerprint density at radius 2 is 1.84 bits per heavy atom. The fourth-order valence-electron chi connectivity index (χ4n) is 4.98. The third-order valence-corrected chi connectivity index (χ3v) is 9.66. The number of hydrogen-bond donors (Lipinski definition) is 3. The van der Waals surface area contributed by atoms with E-state index in [0.717, 1.165) is 51.4 Å². The number of piperidine rings is 1. The van der Waals surface area contributed by atoms with E-state index in [1.54, 1.807) is 35.7 Å². The lowest BCUT2D eigenvalue weighted by Crippen LogP contribution is -2.42. The summed E-state index contributed by atoms with van der Waals surface area (Å²) < 4.78 is 39.6. The van der Waals surface area contributed by atoms with Crippen LogP contribution in [0.5, 0.6) is 11.5 Å². The quantitative estimate of drug-likeness (QED) is 0.247. The third kappa shape index (κ3) is 5.69. The van der Waals surface area contributed by atoms with E-state index in [-0.39, 0.29) is 11.5 Å². The van der Waals surface area contributed by atoms with Gasteiger partial charge in [0.25, 0.3) is 0 Å². The van der Waals surface area contributed by atoms with E-state index in [0.29, 0.717) is 31.3 Å². The molecule has 0 saturated carbocycles. The van der Waals surface area contributed by atoms with Gasteiger partial charge in [0.15, 0.2) is 0 Å². The van der Waals surface area contributed by atoms with Crippen molar-refractivity contribution >= 4 is 47.8 Å². The van der Waals surface area contributed by atoms with Crippen LogP contribution in [0.25, 0.3) is 21.8 Å². The van der Waals surface area contributed by atoms with Gasteiger partial charge >= 0.3 is 0 Å². The molecule has 3 aromatic carbocycles. The summed E-state index contributed by atoms with van der Waals surface area (Å²) in [5, 5.41) is 15.9. The lowest BCUT2D eigenvalue weighted by molar-refractivity contribution is 0.105. The molecule has 0 unspecified atom stereocenters. The molecule has 1 aliphatic heterocycles. The number of aliphatic hydroxyl groups excluding tert-OH is 1. The molecule has 5 rings (SSSR count). The molecule has 0 bridgehead atoms. The van der Waals surface area contributed by atoms with E-state index in [1.165, 1.54) is 0 Å². The molecular weight excluding hydrogens is 570 g/mol. The maximum atomic E-state index is 13.0. The summed E-state index contributed by atoms with van der Waals surface area (Å²) in [4.78, 5) is 3.71. The molecule has 10 heteroatoms. The Bertz CT molecular complexity index is 1500. The van der Waals surface area contributed by atoms with Crippen LogP contribution in [0, 0.1) is 5.92 Å². The first-order valence-corrected chi connectivity index (χ1v) is 14.9. The summed E-state index contributed by atoms with van der Waals surface area (Å²) >= 11 is 3.59. The Hall–Kier alpha value is -2.63. The summed E-state index contributed by atoms with van der Waals surface area (Å²) in [6.45, 7) is 2.26. The maximum Gasteiger partial charge on any atom is 0.243 e. The number of H-pyrrole nitrogens is 1. The number of benzene rings is 3. The molecule has 1 saturated heterocycles. The molecule has 1 aliphatic rings. The molecular formula is C28H32BrN3O5S. The predicted molar refractivity (Wildman–Crippen MR) is 152 cm³/mol. The lowest BCUT2D eigenvalue weighted by Gasteiger charge is -2.31. The van der Waals surface area contributed by atoms with Crippen molar-refractivity contribution in [2.75, 3.05) is 39.9 Å². The topological polar surface area (TPSA) is 104 Å². The zero-order chi connectivity index (χ0) is 26.7. The molecule has 8 nitrogen and oxygen atoms in total. The van der Waals surface area contributed by atoms with Gasteiger partial charge in [-0.3, -0.25) is 0 Å². The number of halogens is 1. The highest BCUT2D eigenvalue weighted by molar-refractivity contribution is 9.10. The molecule has 0 amide bonds.